The predicted molar refractivity (Wildman–Crippen MR) is 69.7 cm³/mol. The highest BCUT2D eigenvalue weighted by atomic mass is 16.2. The lowest BCUT2D eigenvalue weighted by Crippen LogP contribution is -2.57. The molecule has 0 aromatic heterocycles. The molecule has 3 heteroatoms. The Morgan fingerprint density at radius 3 is 2.28 bits per heavy atom. The van der Waals surface area contributed by atoms with E-state index in [1.807, 2.05) is 0 Å². The van der Waals surface area contributed by atoms with Crippen molar-refractivity contribution in [3.05, 3.63) is 0 Å². The van der Waals surface area contributed by atoms with Crippen molar-refractivity contribution in [2.24, 2.45) is 28.4 Å². The first-order valence-electron chi connectivity index (χ1n) is 7.55. The van der Waals surface area contributed by atoms with Gasteiger partial charge in [0.25, 0.3) is 0 Å². The van der Waals surface area contributed by atoms with E-state index in [4.69, 9.17) is 5.73 Å². The molecule has 4 unspecified atom stereocenters. The third-order valence-electron chi connectivity index (χ3n) is 5.99. The molecule has 0 aliphatic heterocycles. The van der Waals surface area contributed by atoms with Crippen molar-refractivity contribution in [1.29, 1.82) is 0 Å². The highest BCUT2D eigenvalue weighted by Crippen LogP contribution is 2.65. The Morgan fingerprint density at radius 1 is 1.17 bits per heavy atom. The summed E-state index contributed by atoms with van der Waals surface area (Å²) in [5, 5.41) is 3.21. The summed E-state index contributed by atoms with van der Waals surface area (Å²) >= 11 is 0. The number of hydrogen-bond donors (Lipinski definition) is 2. The normalized spacial score (nSPS) is 56.6. The first-order valence-corrected chi connectivity index (χ1v) is 7.55. The van der Waals surface area contributed by atoms with Crippen molar-refractivity contribution in [2.45, 2.75) is 64.0 Å². The van der Waals surface area contributed by atoms with E-state index in [0.29, 0.717) is 11.3 Å². The van der Waals surface area contributed by atoms with Crippen LogP contribution in [-0.4, -0.2) is 18.0 Å². The van der Waals surface area contributed by atoms with Crippen LogP contribution < -0.4 is 11.1 Å². The van der Waals surface area contributed by atoms with E-state index in [2.05, 4.69) is 12.2 Å². The number of rotatable bonds is 2. The van der Waals surface area contributed by atoms with Gasteiger partial charge in [-0.15, -0.1) is 0 Å². The van der Waals surface area contributed by atoms with Gasteiger partial charge >= 0.3 is 0 Å². The molecule has 3 nitrogen and oxygen atoms in total. The molecule has 4 bridgehead atoms. The van der Waals surface area contributed by atoms with Crippen LogP contribution in [0.5, 0.6) is 0 Å². The van der Waals surface area contributed by atoms with E-state index in [0.717, 1.165) is 37.5 Å². The van der Waals surface area contributed by atoms with Gasteiger partial charge in [0.2, 0.25) is 5.91 Å². The Labute approximate surface area is 109 Å². The summed E-state index contributed by atoms with van der Waals surface area (Å²) in [6, 6.07) is 0.497. The molecule has 0 radical (unpaired) electrons. The fourth-order valence-electron chi connectivity index (χ4n) is 5.69. The second-order valence-electron chi connectivity index (χ2n) is 8.03. The third kappa shape index (κ3) is 1.56. The number of hydrogen-bond acceptors (Lipinski definition) is 2. The molecule has 3 N–H and O–H groups in total. The molecule has 5 saturated carbocycles. The largest absolute Gasteiger partial charge is 0.351 e. The van der Waals surface area contributed by atoms with E-state index in [1.54, 1.807) is 0 Å². The Hall–Kier alpha value is -0.570. The van der Waals surface area contributed by atoms with Gasteiger partial charge in [-0.3, -0.25) is 4.79 Å². The van der Waals surface area contributed by atoms with Crippen LogP contribution in [0, 0.1) is 22.7 Å². The zero-order valence-electron chi connectivity index (χ0n) is 11.2. The minimum absolute atomic E-state index is 0.0266. The van der Waals surface area contributed by atoms with Crippen LogP contribution in [0.2, 0.25) is 0 Å². The van der Waals surface area contributed by atoms with Crippen LogP contribution in [0.1, 0.15) is 51.9 Å². The van der Waals surface area contributed by atoms with Crippen LogP contribution in [0.15, 0.2) is 0 Å². The molecule has 100 valence electrons. The summed E-state index contributed by atoms with van der Waals surface area (Å²) in [5.74, 6) is 1.96. The van der Waals surface area contributed by atoms with Crippen molar-refractivity contribution in [2.75, 3.05) is 0 Å². The fourth-order valence-corrected chi connectivity index (χ4v) is 5.69. The summed E-state index contributed by atoms with van der Waals surface area (Å²) in [6.07, 6.45) is 8.50. The van der Waals surface area contributed by atoms with Gasteiger partial charge in [-0.25, -0.2) is 0 Å². The number of nitrogens with one attached hydrogen (secondary N) is 1. The predicted octanol–water partition coefficient (Wildman–Crippen LogP) is 1.81. The van der Waals surface area contributed by atoms with Crippen LogP contribution in [-0.2, 0) is 4.79 Å². The van der Waals surface area contributed by atoms with Crippen molar-refractivity contribution >= 4 is 5.91 Å². The van der Waals surface area contributed by atoms with Gasteiger partial charge in [0.1, 0.15) is 0 Å². The van der Waals surface area contributed by atoms with E-state index >= 15 is 0 Å². The van der Waals surface area contributed by atoms with E-state index in [-0.39, 0.29) is 17.5 Å². The smallest absolute Gasteiger partial charge is 0.226 e. The maximum absolute atomic E-state index is 12.7. The maximum atomic E-state index is 12.7. The summed E-state index contributed by atoms with van der Waals surface area (Å²) < 4.78 is 0. The Bertz CT molecular complexity index is 391. The van der Waals surface area contributed by atoms with Crippen LogP contribution >= 0.6 is 0 Å². The van der Waals surface area contributed by atoms with Crippen molar-refractivity contribution < 1.29 is 4.79 Å². The minimum Gasteiger partial charge on any atom is -0.351 e. The van der Waals surface area contributed by atoms with Crippen molar-refractivity contribution in [3.8, 4) is 0 Å². The first-order chi connectivity index (χ1) is 8.48. The Kier molecular flexibility index (Phi) is 2.07. The SMILES string of the molecule is CC12CC3CC(C1)CC(C(=O)NC1CC1N)(C3)C2. The molecule has 0 spiro atoms. The fraction of sp³-hybridized carbons (Fsp3) is 0.933. The molecule has 1 amide bonds. The zero-order valence-corrected chi connectivity index (χ0v) is 11.2. The standard InChI is InChI=1S/C15H24N2O/c1-14-4-9-2-10(5-14)7-15(6-9,8-14)13(18)17-12-3-11(12)16/h9-12H,2-8,16H2,1H3,(H,17,18). The monoisotopic (exact) mass is 248 g/mol. The molecule has 5 aliphatic carbocycles. The van der Waals surface area contributed by atoms with Crippen LogP contribution in [0.3, 0.4) is 0 Å². The molecule has 4 atom stereocenters. The molecular weight excluding hydrogens is 224 g/mol. The first kappa shape index (κ1) is 11.3. The molecule has 5 fully saturated rings. The lowest BCUT2D eigenvalue weighted by atomic mass is 9.44. The van der Waals surface area contributed by atoms with Crippen molar-refractivity contribution in [1.82, 2.24) is 5.32 Å². The van der Waals surface area contributed by atoms with E-state index in [1.165, 1.54) is 19.3 Å². The molecular formula is C15H24N2O. The molecule has 5 aliphatic rings. The summed E-state index contributed by atoms with van der Waals surface area (Å²) in [7, 11) is 0. The Balaban J connectivity index is 1.57. The van der Waals surface area contributed by atoms with E-state index in [9.17, 15) is 4.79 Å². The van der Waals surface area contributed by atoms with Gasteiger partial charge < -0.3 is 11.1 Å². The summed E-state index contributed by atoms with van der Waals surface area (Å²) in [5.41, 5.74) is 6.24. The number of amides is 1. The average molecular weight is 248 g/mol. The summed E-state index contributed by atoms with van der Waals surface area (Å²) in [6.45, 7) is 2.41. The second-order valence-corrected chi connectivity index (χ2v) is 8.03. The number of nitrogens with two attached hydrogens (primary N) is 1. The van der Waals surface area contributed by atoms with Crippen molar-refractivity contribution in [3.63, 3.8) is 0 Å². The van der Waals surface area contributed by atoms with Gasteiger partial charge in [-0.2, -0.15) is 0 Å². The molecule has 0 aromatic carbocycles. The molecule has 0 saturated heterocycles. The van der Waals surface area contributed by atoms with Gasteiger partial charge in [0.15, 0.2) is 0 Å². The van der Waals surface area contributed by atoms with Gasteiger partial charge in [-0.05, 0) is 62.2 Å². The lowest BCUT2D eigenvalue weighted by molar-refractivity contribution is -0.155. The van der Waals surface area contributed by atoms with Crippen LogP contribution in [0.25, 0.3) is 0 Å². The number of carbonyl (C=O) groups is 1. The molecule has 5 rings (SSSR count). The average Bonchev–Trinajstić information content (AvgIpc) is 2.90. The quantitative estimate of drug-likeness (QED) is 0.783. The lowest BCUT2D eigenvalue weighted by Gasteiger charge is -2.60. The zero-order chi connectivity index (χ0) is 12.5. The maximum Gasteiger partial charge on any atom is 0.226 e. The molecule has 0 heterocycles. The van der Waals surface area contributed by atoms with Crippen LogP contribution in [0.4, 0.5) is 0 Å². The highest BCUT2D eigenvalue weighted by Gasteiger charge is 2.59. The molecule has 0 aromatic rings. The Morgan fingerprint density at radius 2 is 1.78 bits per heavy atom. The third-order valence-corrected chi connectivity index (χ3v) is 5.99. The summed E-state index contributed by atoms with van der Waals surface area (Å²) in [4.78, 5) is 12.7. The highest BCUT2D eigenvalue weighted by molar-refractivity contribution is 5.84. The van der Waals surface area contributed by atoms with E-state index < -0.39 is 0 Å². The topological polar surface area (TPSA) is 55.1 Å². The number of carbonyl (C=O) groups excluding carboxylic acids is 1. The van der Waals surface area contributed by atoms with Gasteiger partial charge in [0.05, 0.1) is 5.41 Å². The second kappa shape index (κ2) is 3.30. The van der Waals surface area contributed by atoms with Gasteiger partial charge in [-0.1, -0.05) is 6.92 Å². The molecule has 18 heavy (non-hydrogen) atoms. The van der Waals surface area contributed by atoms with Gasteiger partial charge in [0, 0.05) is 12.1 Å². The minimum atomic E-state index is -0.0266.